The van der Waals surface area contributed by atoms with E-state index in [1.54, 1.807) is 0 Å². The van der Waals surface area contributed by atoms with Gasteiger partial charge >= 0.3 is 6.18 Å². The summed E-state index contributed by atoms with van der Waals surface area (Å²) >= 11 is 3.14. The lowest BCUT2D eigenvalue weighted by Crippen LogP contribution is -2.07. The fraction of sp³-hybridized carbons (Fsp3) is 0.100. The van der Waals surface area contributed by atoms with Gasteiger partial charge in [0.2, 0.25) is 0 Å². The number of hydrogen-bond donors (Lipinski definition) is 1. The van der Waals surface area contributed by atoms with Crippen molar-refractivity contribution in [3.05, 3.63) is 40.6 Å². The van der Waals surface area contributed by atoms with E-state index in [9.17, 15) is 13.2 Å². The summed E-state index contributed by atoms with van der Waals surface area (Å²) in [4.78, 5) is 6.49. The number of aromatic nitrogens is 2. The highest BCUT2D eigenvalue weighted by Crippen LogP contribution is 2.37. The molecule has 2 aromatic rings. The van der Waals surface area contributed by atoms with Gasteiger partial charge in [-0.3, -0.25) is 0 Å². The van der Waals surface area contributed by atoms with E-state index in [-0.39, 0.29) is 11.4 Å². The number of rotatable bonds is 1. The molecule has 0 fully saturated rings. The van der Waals surface area contributed by atoms with Crippen LogP contribution in [0.1, 0.15) is 5.56 Å². The topological polar surface area (TPSA) is 28.7 Å². The third-order valence-corrected chi connectivity index (χ3v) is 2.53. The number of aromatic amines is 1. The predicted octanol–water partition coefficient (Wildman–Crippen LogP) is 3.86. The molecule has 2 nitrogen and oxygen atoms in total. The minimum absolute atomic E-state index is 0.0341. The Morgan fingerprint density at radius 2 is 2.00 bits per heavy atom. The molecule has 0 spiro atoms. The summed E-state index contributed by atoms with van der Waals surface area (Å²) in [6, 6.07) is 3.78. The van der Waals surface area contributed by atoms with Crippen molar-refractivity contribution in [2.75, 3.05) is 0 Å². The first-order chi connectivity index (χ1) is 7.48. The first kappa shape index (κ1) is 11.2. The average Bonchev–Trinajstić information content (AvgIpc) is 2.68. The highest BCUT2D eigenvalue weighted by molar-refractivity contribution is 9.10. The summed E-state index contributed by atoms with van der Waals surface area (Å²) in [5.41, 5.74) is -0.669. The van der Waals surface area contributed by atoms with Gasteiger partial charge in [-0.25, -0.2) is 4.98 Å². The molecule has 0 amide bonds. The molecule has 1 N–H and O–H groups in total. The molecule has 0 bridgehead atoms. The minimum Gasteiger partial charge on any atom is -0.345 e. The maximum absolute atomic E-state index is 12.7. The van der Waals surface area contributed by atoms with Crippen molar-refractivity contribution in [2.24, 2.45) is 0 Å². The number of imidazole rings is 1. The molecule has 0 saturated heterocycles. The summed E-state index contributed by atoms with van der Waals surface area (Å²) in [5, 5.41) is 0. The van der Waals surface area contributed by atoms with Crippen LogP contribution in [0.2, 0.25) is 0 Å². The molecule has 2 rings (SSSR count). The van der Waals surface area contributed by atoms with Crippen LogP contribution in [-0.2, 0) is 6.18 Å². The Morgan fingerprint density at radius 1 is 1.25 bits per heavy atom. The zero-order valence-electron chi connectivity index (χ0n) is 7.85. The maximum atomic E-state index is 12.7. The Hall–Kier alpha value is -1.30. The number of halogens is 4. The van der Waals surface area contributed by atoms with Crippen LogP contribution in [-0.4, -0.2) is 9.97 Å². The molecule has 16 heavy (non-hydrogen) atoms. The molecule has 0 aliphatic rings. The SMILES string of the molecule is FC(F)(F)c1ccc(Br)cc1-c1ncc[nH]1. The number of nitrogens with zero attached hydrogens (tertiary/aromatic N) is 1. The second-order valence-corrected chi connectivity index (χ2v) is 4.04. The smallest absolute Gasteiger partial charge is 0.345 e. The van der Waals surface area contributed by atoms with E-state index in [4.69, 9.17) is 0 Å². The second-order valence-electron chi connectivity index (χ2n) is 3.13. The average molecular weight is 291 g/mol. The van der Waals surface area contributed by atoms with Gasteiger partial charge in [-0.1, -0.05) is 15.9 Å². The molecule has 84 valence electrons. The van der Waals surface area contributed by atoms with E-state index in [0.717, 1.165) is 6.07 Å². The lowest BCUT2D eigenvalue weighted by atomic mass is 10.1. The largest absolute Gasteiger partial charge is 0.417 e. The zero-order chi connectivity index (χ0) is 11.8. The first-order valence-electron chi connectivity index (χ1n) is 4.35. The van der Waals surface area contributed by atoms with Gasteiger partial charge in [-0.2, -0.15) is 13.2 Å². The van der Waals surface area contributed by atoms with Crippen LogP contribution in [0.15, 0.2) is 35.1 Å². The van der Waals surface area contributed by atoms with Gasteiger partial charge in [-0.15, -0.1) is 0 Å². The number of benzene rings is 1. The normalized spacial score (nSPS) is 11.8. The molecule has 0 saturated carbocycles. The minimum atomic E-state index is -4.39. The van der Waals surface area contributed by atoms with Crippen LogP contribution in [0.5, 0.6) is 0 Å². The maximum Gasteiger partial charge on any atom is 0.417 e. The van der Waals surface area contributed by atoms with Gasteiger partial charge in [0.25, 0.3) is 0 Å². The molecule has 0 atom stereocenters. The van der Waals surface area contributed by atoms with E-state index in [2.05, 4.69) is 25.9 Å². The van der Waals surface area contributed by atoms with Crippen LogP contribution in [0.4, 0.5) is 13.2 Å². The zero-order valence-corrected chi connectivity index (χ0v) is 9.43. The van der Waals surface area contributed by atoms with Crippen LogP contribution < -0.4 is 0 Å². The van der Waals surface area contributed by atoms with Gasteiger partial charge in [0.05, 0.1) is 5.56 Å². The molecule has 0 unspecified atom stereocenters. The van der Waals surface area contributed by atoms with Crippen molar-refractivity contribution >= 4 is 15.9 Å². The Balaban J connectivity index is 2.63. The molecule has 0 aliphatic heterocycles. The Kier molecular flexibility index (Phi) is 2.75. The molecule has 6 heteroatoms. The van der Waals surface area contributed by atoms with Crippen molar-refractivity contribution < 1.29 is 13.2 Å². The van der Waals surface area contributed by atoms with E-state index < -0.39 is 11.7 Å². The summed E-state index contributed by atoms with van der Waals surface area (Å²) in [5.74, 6) is 0.202. The predicted molar refractivity (Wildman–Crippen MR) is 56.7 cm³/mol. The second kappa shape index (κ2) is 3.93. The lowest BCUT2D eigenvalue weighted by molar-refractivity contribution is -0.137. The van der Waals surface area contributed by atoms with E-state index >= 15 is 0 Å². The highest BCUT2D eigenvalue weighted by Gasteiger charge is 2.34. The molecule has 1 aromatic carbocycles. The number of nitrogens with one attached hydrogen (secondary N) is 1. The van der Waals surface area contributed by atoms with Gasteiger partial charge in [0, 0.05) is 22.4 Å². The Bertz CT molecular complexity index is 491. The van der Waals surface area contributed by atoms with Gasteiger partial charge in [-0.05, 0) is 18.2 Å². The molecular formula is C10H6BrF3N2. The van der Waals surface area contributed by atoms with E-state index in [0.29, 0.717) is 4.47 Å². The first-order valence-corrected chi connectivity index (χ1v) is 5.14. The number of hydrogen-bond acceptors (Lipinski definition) is 1. The van der Waals surface area contributed by atoms with Crippen LogP contribution in [0.25, 0.3) is 11.4 Å². The van der Waals surface area contributed by atoms with Crippen LogP contribution in [0.3, 0.4) is 0 Å². The summed E-state index contributed by atoms with van der Waals surface area (Å²) in [6.45, 7) is 0. The molecular weight excluding hydrogens is 285 g/mol. The highest BCUT2D eigenvalue weighted by atomic mass is 79.9. The summed E-state index contributed by atoms with van der Waals surface area (Å²) < 4.78 is 38.7. The van der Waals surface area contributed by atoms with Crippen molar-refractivity contribution in [2.45, 2.75) is 6.18 Å². The van der Waals surface area contributed by atoms with Crippen molar-refractivity contribution in [1.29, 1.82) is 0 Å². The van der Waals surface area contributed by atoms with Gasteiger partial charge < -0.3 is 4.98 Å². The molecule has 1 heterocycles. The van der Waals surface area contributed by atoms with E-state index in [1.165, 1.54) is 24.5 Å². The Labute approximate surface area is 97.6 Å². The molecule has 0 radical (unpaired) electrons. The standard InChI is InChI=1S/C10H6BrF3N2/c11-6-1-2-8(10(12,13)14)7(5-6)9-15-3-4-16-9/h1-5H,(H,15,16). The monoisotopic (exact) mass is 290 g/mol. The molecule has 0 aliphatic carbocycles. The van der Waals surface area contributed by atoms with Crippen molar-refractivity contribution in [3.63, 3.8) is 0 Å². The molecule has 1 aromatic heterocycles. The van der Waals surface area contributed by atoms with Crippen LogP contribution >= 0.6 is 15.9 Å². The van der Waals surface area contributed by atoms with E-state index in [1.807, 2.05) is 0 Å². The van der Waals surface area contributed by atoms with Crippen LogP contribution in [0, 0.1) is 0 Å². The summed E-state index contributed by atoms with van der Waals surface area (Å²) in [7, 11) is 0. The lowest BCUT2D eigenvalue weighted by Gasteiger charge is -2.11. The van der Waals surface area contributed by atoms with Gasteiger partial charge in [0.15, 0.2) is 0 Å². The third kappa shape index (κ3) is 2.11. The fourth-order valence-corrected chi connectivity index (χ4v) is 1.73. The van der Waals surface area contributed by atoms with Crippen molar-refractivity contribution in [3.8, 4) is 11.4 Å². The van der Waals surface area contributed by atoms with Gasteiger partial charge in [0.1, 0.15) is 5.82 Å². The number of alkyl halides is 3. The number of H-pyrrole nitrogens is 1. The summed E-state index contributed by atoms with van der Waals surface area (Å²) in [6.07, 6.45) is -1.49. The fourth-order valence-electron chi connectivity index (χ4n) is 1.37. The Morgan fingerprint density at radius 3 is 2.56 bits per heavy atom. The van der Waals surface area contributed by atoms with Crippen molar-refractivity contribution in [1.82, 2.24) is 9.97 Å². The third-order valence-electron chi connectivity index (χ3n) is 2.04. The quantitative estimate of drug-likeness (QED) is 0.849.